The third-order valence-corrected chi connectivity index (χ3v) is 6.24. The van der Waals surface area contributed by atoms with E-state index in [2.05, 4.69) is 10.0 Å². The van der Waals surface area contributed by atoms with Crippen LogP contribution >= 0.6 is 11.6 Å². The molecular formula is C23H23ClN2O6S. The Morgan fingerprint density at radius 2 is 1.52 bits per heavy atom. The Kier molecular flexibility index (Phi) is 7.67. The summed E-state index contributed by atoms with van der Waals surface area (Å²) in [5.41, 5.74) is 1.35. The molecule has 8 nitrogen and oxygen atoms in total. The molecule has 0 radical (unpaired) electrons. The van der Waals surface area contributed by atoms with E-state index in [9.17, 15) is 13.2 Å². The van der Waals surface area contributed by atoms with E-state index in [0.29, 0.717) is 39.2 Å². The Morgan fingerprint density at radius 1 is 0.879 bits per heavy atom. The fourth-order valence-corrected chi connectivity index (χ4v) is 4.33. The lowest BCUT2D eigenvalue weighted by molar-refractivity contribution is -0.115. The summed E-state index contributed by atoms with van der Waals surface area (Å²) in [5, 5.41) is 3.21. The van der Waals surface area contributed by atoms with Gasteiger partial charge < -0.3 is 19.5 Å². The highest BCUT2D eigenvalue weighted by Crippen LogP contribution is 2.38. The van der Waals surface area contributed by atoms with Crippen LogP contribution in [0.2, 0.25) is 5.02 Å². The van der Waals surface area contributed by atoms with Crippen molar-refractivity contribution in [2.75, 3.05) is 31.4 Å². The molecule has 0 atom stereocenters. The van der Waals surface area contributed by atoms with Gasteiger partial charge >= 0.3 is 0 Å². The fourth-order valence-electron chi connectivity index (χ4n) is 3.10. The molecule has 2 N–H and O–H groups in total. The van der Waals surface area contributed by atoms with E-state index in [-0.39, 0.29) is 17.2 Å². The zero-order chi connectivity index (χ0) is 24.0. The van der Waals surface area contributed by atoms with Gasteiger partial charge in [0.1, 0.15) is 0 Å². The number of nitrogens with one attached hydrogen (secondary N) is 2. The number of carbonyl (C=O) groups excluding carboxylic acids is 1. The van der Waals surface area contributed by atoms with Crippen LogP contribution in [0.1, 0.15) is 5.56 Å². The van der Waals surface area contributed by atoms with Crippen LogP contribution in [0.3, 0.4) is 0 Å². The molecule has 33 heavy (non-hydrogen) atoms. The summed E-state index contributed by atoms with van der Waals surface area (Å²) >= 11 is 5.84. The van der Waals surface area contributed by atoms with Crippen LogP contribution in [-0.2, 0) is 21.2 Å². The fraction of sp³-hybridized carbons (Fsp3) is 0.174. The van der Waals surface area contributed by atoms with E-state index >= 15 is 0 Å². The number of hydrogen-bond donors (Lipinski definition) is 2. The van der Waals surface area contributed by atoms with E-state index < -0.39 is 10.0 Å². The minimum Gasteiger partial charge on any atom is -0.493 e. The first-order valence-electron chi connectivity index (χ1n) is 9.73. The molecule has 0 aliphatic heterocycles. The molecule has 0 spiro atoms. The standard InChI is InChI=1S/C23H23ClN2O6S/c1-30-20-11-15(12-21(31-2)23(20)32-3)13-22(27)25-18-5-4-6-19(14-18)33(28,29)26-17-9-7-16(24)8-10-17/h4-12,14,26H,13H2,1-3H3,(H,25,27). The number of methoxy groups -OCH3 is 3. The quantitative estimate of drug-likeness (QED) is 0.462. The molecule has 0 saturated carbocycles. The molecule has 0 fully saturated rings. The van der Waals surface area contributed by atoms with Gasteiger partial charge in [-0.1, -0.05) is 17.7 Å². The van der Waals surface area contributed by atoms with Crippen LogP contribution in [0.25, 0.3) is 0 Å². The van der Waals surface area contributed by atoms with Crippen molar-refractivity contribution in [3.05, 3.63) is 71.2 Å². The molecule has 0 aromatic heterocycles. The highest BCUT2D eigenvalue weighted by atomic mass is 35.5. The van der Waals surface area contributed by atoms with Crippen LogP contribution < -0.4 is 24.2 Å². The van der Waals surface area contributed by atoms with Crippen molar-refractivity contribution in [2.45, 2.75) is 11.3 Å². The van der Waals surface area contributed by atoms with Crippen molar-refractivity contribution in [3.63, 3.8) is 0 Å². The van der Waals surface area contributed by atoms with Gasteiger partial charge in [-0.05, 0) is 60.2 Å². The molecule has 0 heterocycles. The Hall–Kier alpha value is -3.43. The lowest BCUT2D eigenvalue weighted by atomic mass is 10.1. The van der Waals surface area contributed by atoms with Gasteiger partial charge in [-0.15, -0.1) is 0 Å². The van der Waals surface area contributed by atoms with Crippen molar-refractivity contribution in [1.82, 2.24) is 0 Å². The summed E-state index contributed by atoms with van der Waals surface area (Å²) in [5.74, 6) is 0.946. The summed E-state index contributed by atoms with van der Waals surface area (Å²) < 4.78 is 43.8. The molecule has 174 valence electrons. The molecule has 0 aliphatic rings. The Morgan fingerprint density at radius 3 is 2.09 bits per heavy atom. The number of benzene rings is 3. The van der Waals surface area contributed by atoms with Gasteiger partial charge in [0.15, 0.2) is 11.5 Å². The Bertz CT molecular complexity index is 1220. The smallest absolute Gasteiger partial charge is 0.261 e. The van der Waals surface area contributed by atoms with Crippen LogP contribution in [0.5, 0.6) is 17.2 Å². The average Bonchev–Trinajstić information content (AvgIpc) is 2.79. The molecule has 3 aromatic carbocycles. The number of anilines is 2. The number of carbonyl (C=O) groups is 1. The lowest BCUT2D eigenvalue weighted by Gasteiger charge is -2.14. The molecule has 0 bridgehead atoms. The first kappa shape index (κ1) is 24.2. The van der Waals surface area contributed by atoms with Gasteiger partial charge in [0, 0.05) is 16.4 Å². The first-order valence-corrected chi connectivity index (χ1v) is 11.6. The number of halogens is 1. The summed E-state index contributed by atoms with van der Waals surface area (Å²) in [6, 6.07) is 15.6. The van der Waals surface area contributed by atoms with Gasteiger partial charge in [-0.2, -0.15) is 0 Å². The average molecular weight is 491 g/mol. The third kappa shape index (κ3) is 6.09. The van der Waals surface area contributed by atoms with Gasteiger partial charge in [-0.3, -0.25) is 9.52 Å². The van der Waals surface area contributed by atoms with Crippen molar-refractivity contribution in [3.8, 4) is 17.2 Å². The van der Waals surface area contributed by atoms with Gasteiger partial charge in [0.25, 0.3) is 10.0 Å². The SMILES string of the molecule is COc1cc(CC(=O)Nc2cccc(S(=O)(=O)Nc3ccc(Cl)cc3)c2)cc(OC)c1OC. The van der Waals surface area contributed by atoms with E-state index in [4.69, 9.17) is 25.8 Å². The van der Waals surface area contributed by atoms with E-state index in [0.717, 1.165) is 0 Å². The highest BCUT2D eigenvalue weighted by Gasteiger charge is 2.17. The van der Waals surface area contributed by atoms with Crippen molar-refractivity contribution in [1.29, 1.82) is 0 Å². The minimum absolute atomic E-state index is 0.00281. The first-order chi connectivity index (χ1) is 15.7. The summed E-state index contributed by atoms with van der Waals surface area (Å²) in [6.45, 7) is 0. The Balaban J connectivity index is 1.75. The second-order valence-corrected chi connectivity index (χ2v) is 9.02. The van der Waals surface area contributed by atoms with Crippen molar-refractivity contribution < 1.29 is 27.4 Å². The molecule has 3 aromatic rings. The number of hydrogen-bond acceptors (Lipinski definition) is 6. The predicted octanol–water partition coefficient (Wildman–Crippen LogP) is 4.35. The largest absolute Gasteiger partial charge is 0.493 e. The van der Waals surface area contributed by atoms with Crippen LogP contribution in [-0.4, -0.2) is 35.7 Å². The zero-order valence-corrected chi connectivity index (χ0v) is 19.8. The number of ether oxygens (including phenoxy) is 3. The third-order valence-electron chi connectivity index (χ3n) is 4.61. The lowest BCUT2D eigenvalue weighted by Crippen LogP contribution is -2.16. The highest BCUT2D eigenvalue weighted by molar-refractivity contribution is 7.92. The summed E-state index contributed by atoms with van der Waals surface area (Å²) in [4.78, 5) is 12.6. The molecule has 1 amide bonds. The van der Waals surface area contributed by atoms with Gasteiger partial charge in [0.05, 0.1) is 32.6 Å². The molecule has 0 aliphatic carbocycles. The van der Waals surface area contributed by atoms with Crippen LogP contribution in [0.4, 0.5) is 11.4 Å². The van der Waals surface area contributed by atoms with Gasteiger partial charge in [0.2, 0.25) is 11.7 Å². The number of rotatable bonds is 9. The summed E-state index contributed by atoms with van der Waals surface area (Å²) in [7, 11) is 0.618. The predicted molar refractivity (Wildman–Crippen MR) is 127 cm³/mol. The van der Waals surface area contributed by atoms with Crippen LogP contribution in [0.15, 0.2) is 65.6 Å². The van der Waals surface area contributed by atoms with Crippen molar-refractivity contribution >= 4 is 38.9 Å². The molecule has 0 saturated heterocycles. The molecular weight excluding hydrogens is 468 g/mol. The molecule has 0 unspecified atom stereocenters. The van der Waals surface area contributed by atoms with Crippen molar-refractivity contribution in [2.24, 2.45) is 0 Å². The topological polar surface area (TPSA) is 103 Å². The number of sulfonamides is 1. The second kappa shape index (κ2) is 10.5. The van der Waals surface area contributed by atoms with E-state index in [1.165, 1.54) is 33.5 Å². The minimum atomic E-state index is -3.86. The second-order valence-electron chi connectivity index (χ2n) is 6.90. The maximum absolute atomic E-state index is 12.7. The Labute approximate surface area is 197 Å². The van der Waals surface area contributed by atoms with E-state index in [1.54, 1.807) is 48.5 Å². The normalized spacial score (nSPS) is 10.9. The van der Waals surface area contributed by atoms with Gasteiger partial charge in [-0.25, -0.2) is 8.42 Å². The maximum atomic E-state index is 12.7. The molecule has 3 rings (SSSR count). The maximum Gasteiger partial charge on any atom is 0.261 e. The number of amides is 1. The van der Waals surface area contributed by atoms with Crippen LogP contribution in [0, 0.1) is 0 Å². The monoisotopic (exact) mass is 490 g/mol. The molecule has 10 heteroatoms. The summed E-state index contributed by atoms with van der Waals surface area (Å²) in [6.07, 6.45) is 0.0106. The van der Waals surface area contributed by atoms with E-state index in [1.807, 2.05) is 0 Å². The zero-order valence-electron chi connectivity index (χ0n) is 18.2.